The first-order chi connectivity index (χ1) is 14.3. The Morgan fingerprint density at radius 2 is 1.97 bits per heavy atom. The van der Waals surface area contributed by atoms with Gasteiger partial charge >= 0.3 is 0 Å². The smallest absolute Gasteiger partial charge is 0.120 e. The molecule has 3 heteroatoms. The number of hydrogen-bond acceptors (Lipinski definition) is 2. The van der Waals surface area contributed by atoms with Crippen molar-refractivity contribution in [1.29, 1.82) is 0 Å². The lowest BCUT2D eigenvalue weighted by Crippen LogP contribution is -2.35. The molecule has 0 saturated heterocycles. The van der Waals surface area contributed by atoms with Gasteiger partial charge < -0.3 is 15.0 Å². The highest BCUT2D eigenvalue weighted by Crippen LogP contribution is 2.36. The van der Waals surface area contributed by atoms with Gasteiger partial charge in [0.2, 0.25) is 0 Å². The predicted molar refractivity (Wildman–Crippen MR) is 120 cm³/mol. The van der Waals surface area contributed by atoms with Gasteiger partial charge in [-0.15, -0.1) is 0 Å². The molecule has 0 bridgehead atoms. The van der Waals surface area contributed by atoms with Gasteiger partial charge in [-0.3, -0.25) is 0 Å². The number of ether oxygens (including phenoxy) is 1. The number of benzene rings is 2. The summed E-state index contributed by atoms with van der Waals surface area (Å²) >= 11 is 0. The van der Waals surface area contributed by atoms with Crippen LogP contribution in [0.25, 0.3) is 16.5 Å². The molecule has 0 spiro atoms. The van der Waals surface area contributed by atoms with Crippen molar-refractivity contribution in [1.82, 2.24) is 10.3 Å². The van der Waals surface area contributed by atoms with Crippen LogP contribution < -0.4 is 10.1 Å². The maximum atomic E-state index is 5.75. The van der Waals surface area contributed by atoms with Crippen LogP contribution in [0, 0.1) is 5.92 Å². The summed E-state index contributed by atoms with van der Waals surface area (Å²) in [6.07, 6.45) is 8.36. The van der Waals surface area contributed by atoms with Gasteiger partial charge in [0.25, 0.3) is 0 Å². The van der Waals surface area contributed by atoms with E-state index in [9.17, 15) is 0 Å². The molecule has 0 amide bonds. The van der Waals surface area contributed by atoms with Crippen LogP contribution in [0.1, 0.15) is 43.0 Å². The Balaban J connectivity index is 1.30. The highest BCUT2D eigenvalue weighted by molar-refractivity contribution is 5.86. The van der Waals surface area contributed by atoms with Crippen LogP contribution in [0.2, 0.25) is 0 Å². The van der Waals surface area contributed by atoms with Crippen molar-refractivity contribution < 1.29 is 4.74 Å². The summed E-state index contributed by atoms with van der Waals surface area (Å²) in [5.74, 6) is 1.72. The van der Waals surface area contributed by atoms with E-state index in [1.807, 2.05) is 6.92 Å². The molecule has 1 aliphatic heterocycles. The molecule has 2 aromatic carbocycles. The minimum absolute atomic E-state index is 0.575. The van der Waals surface area contributed by atoms with Crippen molar-refractivity contribution in [3.05, 3.63) is 71.4 Å². The highest BCUT2D eigenvalue weighted by atomic mass is 16.5. The third kappa shape index (κ3) is 3.84. The molecule has 1 aliphatic carbocycles. The topological polar surface area (TPSA) is 37.0 Å². The Kier molecular flexibility index (Phi) is 5.15. The molecule has 0 saturated carbocycles. The number of aromatic amines is 1. The van der Waals surface area contributed by atoms with Crippen molar-refractivity contribution >= 4 is 16.5 Å². The average molecular weight is 387 g/mol. The normalized spacial score (nSPS) is 21.6. The number of H-pyrrole nitrogens is 1. The van der Waals surface area contributed by atoms with Crippen LogP contribution >= 0.6 is 0 Å². The molecule has 150 valence electrons. The van der Waals surface area contributed by atoms with Gasteiger partial charge in [0, 0.05) is 29.2 Å². The van der Waals surface area contributed by atoms with E-state index < -0.39 is 0 Å². The molecule has 0 fully saturated rings. The second-order valence-electron chi connectivity index (χ2n) is 8.47. The predicted octanol–water partition coefficient (Wildman–Crippen LogP) is 5.51. The molecular formula is C26H30N2O. The first-order valence-electron chi connectivity index (χ1n) is 11.0. The minimum atomic E-state index is 0.575. The van der Waals surface area contributed by atoms with E-state index >= 15 is 0 Å². The summed E-state index contributed by atoms with van der Waals surface area (Å²) in [6, 6.07) is 17.9. The van der Waals surface area contributed by atoms with Crippen LogP contribution in [-0.2, 0) is 12.8 Å². The maximum Gasteiger partial charge on any atom is 0.120 e. The molecule has 2 heterocycles. The SMILES string of the molecule is CCOc1ccc2[nH]c3c(c2c1)CC(CC1CC(c2ccccc2)=CCN1)CC3. The second kappa shape index (κ2) is 8.08. The molecule has 2 unspecified atom stereocenters. The van der Waals surface area contributed by atoms with Gasteiger partial charge in [-0.2, -0.15) is 0 Å². The Morgan fingerprint density at radius 3 is 2.83 bits per heavy atom. The van der Waals surface area contributed by atoms with Crippen LogP contribution in [0.15, 0.2) is 54.6 Å². The number of aromatic nitrogens is 1. The molecular weight excluding hydrogens is 356 g/mol. The van der Waals surface area contributed by atoms with Gasteiger partial charge in [0.1, 0.15) is 5.75 Å². The molecule has 5 rings (SSSR count). The quantitative estimate of drug-likeness (QED) is 0.607. The standard InChI is InChI=1S/C26H30N2O/c1-2-29-22-9-11-26-24(17-22)23-15-18(8-10-25(23)28-26)14-21-16-20(12-13-27-21)19-6-4-3-5-7-19/h3-7,9,11-12,17-18,21,27-28H,2,8,10,13-16H2,1H3. The molecule has 0 radical (unpaired) electrons. The summed E-state index contributed by atoms with van der Waals surface area (Å²) in [5.41, 5.74) is 7.09. The van der Waals surface area contributed by atoms with Crippen molar-refractivity contribution in [3.8, 4) is 5.75 Å². The van der Waals surface area contributed by atoms with Gasteiger partial charge in [-0.05, 0) is 79.8 Å². The summed E-state index contributed by atoms with van der Waals surface area (Å²) < 4.78 is 5.75. The van der Waals surface area contributed by atoms with Crippen molar-refractivity contribution in [2.24, 2.45) is 5.92 Å². The fraction of sp³-hybridized carbons (Fsp3) is 0.385. The van der Waals surface area contributed by atoms with Gasteiger partial charge in [0.15, 0.2) is 0 Å². The first-order valence-corrected chi connectivity index (χ1v) is 11.0. The fourth-order valence-electron chi connectivity index (χ4n) is 5.15. The van der Waals surface area contributed by atoms with E-state index in [-0.39, 0.29) is 0 Å². The van der Waals surface area contributed by atoms with Crippen LogP contribution in [0.5, 0.6) is 5.75 Å². The number of fused-ring (bicyclic) bond motifs is 3. The first kappa shape index (κ1) is 18.5. The number of aryl methyl sites for hydroxylation is 1. The lowest BCUT2D eigenvalue weighted by Gasteiger charge is -2.30. The van der Waals surface area contributed by atoms with E-state index in [0.717, 1.165) is 31.1 Å². The molecule has 2 aliphatic rings. The van der Waals surface area contributed by atoms with E-state index in [2.05, 4.69) is 64.9 Å². The maximum absolute atomic E-state index is 5.75. The molecule has 2 atom stereocenters. The summed E-state index contributed by atoms with van der Waals surface area (Å²) in [6.45, 7) is 3.74. The largest absolute Gasteiger partial charge is 0.494 e. The molecule has 3 aromatic rings. The zero-order valence-corrected chi connectivity index (χ0v) is 17.2. The summed E-state index contributed by atoms with van der Waals surface area (Å²) in [5, 5.41) is 5.10. The highest BCUT2D eigenvalue weighted by Gasteiger charge is 2.26. The van der Waals surface area contributed by atoms with Gasteiger partial charge in [-0.25, -0.2) is 0 Å². The summed E-state index contributed by atoms with van der Waals surface area (Å²) in [4.78, 5) is 3.66. The third-order valence-corrected chi connectivity index (χ3v) is 6.56. The van der Waals surface area contributed by atoms with E-state index in [1.54, 1.807) is 0 Å². The van der Waals surface area contributed by atoms with Crippen molar-refractivity contribution in [3.63, 3.8) is 0 Å². The second-order valence-corrected chi connectivity index (χ2v) is 8.47. The van der Waals surface area contributed by atoms with E-state index in [0.29, 0.717) is 12.6 Å². The van der Waals surface area contributed by atoms with Gasteiger partial charge in [0.05, 0.1) is 6.61 Å². The van der Waals surface area contributed by atoms with Gasteiger partial charge in [-0.1, -0.05) is 36.4 Å². The number of rotatable bonds is 5. The Bertz CT molecular complexity index is 1020. The Morgan fingerprint density at radius 1 is 1.07 bits per heavy atom. The third-order valence-electron chi connectivity index (χ3n) is 6.56. The number of nitrogens with one attached hydrogen (secondary N) is 2. The van der Waals surface area contributed by atoms with Crippen LogP contribution in [-0.4, -0.2) is 24.2 Å². The molecule has 1 aromatic heterocycles. The molecule has 29 heavy (non-hydrogen) atoms. The Labute approximate surface area is 173 Å². The zero-order chi connectivity index (χ0) is 19.6. The monoisotopic (exact) mass is 386 g/mol. The van der Waals surface area contributed by atoms with E-state index in [4.69, 9.17) is 4.74 Å². The van der Waals surface area contributed by atoms with Crippen LogP contribution in [0.3, 0.4) is 0 Å². The molecule has 3 nitrogen and oxygen atoms in total. The van der Waals surface area contributed by atoms with Crippen molar-refractivity contribution in [2.45, 2.75) is 45.1 Å². The number of hydrogen-bond donors (Lipinski definition) is 2. The fourth-order valence-corrected chi connectivity index (χ4v) is 5.15. The average Bonchev–Trinajstić information content (AvgIpc) is 3.12. The summed E-state index contributed by atoms with van der Waals surface area (Å²) in [7, 11) is 0. The lowest BCUT2D eigenvalue weighted by molar-refractivity contribution is 0.340. The van der Waals surface area contributed by atoms with Crippen molar-refractivity contribution in [2.75, 3.05) is 13.2 Å². The van der Waals surface area contributed by atoms with E-state index in [1.165, 1.54) is 52.6 Å². The lowest BCUT2D eigenvalue weighted by atomic mass is 9.80. The Hall–Kier alpha value is -2.52. The molecule has 2 N–H and O–H groups in total. The zero-order valence-electron chi connectivity index (χ0n) is 17.2. The minimum Gasteiger partial charge on any atom is -0.494 e. The van der Waals surface area contributed by atoms with Crippen LogP contribution in [0.4, 0.5) is 0 Å².